The second-order valence-corrected chi connectivity index (χ2v) is 7.35. The molecule has 2 aromatic rings. The normalized spacial score (nSPS) is 23.2. The largest absolute Gasteiger partial charge is 0.357 e. The average Bonchev–Trinajstić information content (AvgIpc) is 3.15. The Morgan fingerprint density at radius 3 is 2.20 bits per heavy atom. The zero-order valence-electron chi connectivity index (χ0n) is 14.8. The molecule has 2 saturated heterocycles. The first-order valence-electron chi connectivity index (χ1n) is 8.81. The van der Waals surface area contributed by atoms with Crippen molar-refractivity contribution in [2.24, 2.45) is 25.9 Å². The van der Waals surface area contributed by atoms with Crippen LogP contribution in [0.5, 0.6) is 0 Å². The third-order valence-corrected chi connectivity index (χ3v) is 5.64. The summed E-state index contributed by atoms with van der Waals surface area (Å²) in [5.74, 6) is 1.95. The van der Waals surface area contributed by atoms with Crippen LogP contribution in [0.25, 0.3) is 0 Å². The minimum Gasteiger partial charge on any atom is -0.357 e. The monoisotopic (exact) mass is 340 g/mol. The zero-order chi connectivity index (χ0) is 17.6. The Morgan fingerprint density at radius 1 is 0.920 bits per heavy atom. The molecule has 1 aromatic heterocycles. The number of hydrogen-bond donors (Lipinski definition) is 0. The van der Waals surface area contributed by atoms with Crippen LogP contribution in [0.1, 0.15) is 5.56 Å². The van der Waals surface area contributed by atoms with E-state index in [-0.39, 0.29) is 11.2 Å². The molecule has 0 radical (unpaired) electrons. The Kier molecular flexibility index (Phi) is 4.00. The van der Waals surface area contributed by atoms with E-state index in [1.54, 1.807) is 17.7 Å². The molecule has 0 N–H and O–H groups in total. The maximum atomic E-state index is 12.2. The molecule has 3 heterocycles. The molecule has 0 spiro atoms. The van der Waals surface area contributed by atoms with E-state index in [2.05, 4.69) is 40.1 Å². The first-order valence-corrected chi connectivity index (χ1v) is 8.81. The lowest BCUT2D eigenvalue weighted by Gasteiger charge is -2.24. The highest BCUT2D eigenvalue weighted by atomic mass is 16.2. The molecule has 6 heteroatoms. The third kappa shape index (κ3) is 2.91. The van der Waals surface area contributed by atoms with Crippen LogP contribution in [0, 0.1) is 11.8 Å². The topological polar surface area (TPSA) is 50.5 Å². The number of anilines is 1. The standard InChI is InChI=1S/C19H24N4O2/c1-20-17(8-18(24)21(2)19(20)25)23-12-15-10-22(11-16(15)13-23)9-14-6-4-3-5-7-14/h3-8,15-16H,9-13H2,1-2H3. The predicted molar refractivity (Wildman–Crippen MR) is 97.8 cm³/mol. The second-order valence-electron chi connectivity index (χ2n) is 7.35. The van der Waals surface area contributed by atoms with Crippen LogP contribution in [0.2, 0.25) is 0 Å². The lowest BCUT2D eigenvalue weighted by Crippen LogP contribution is -2.40. The number of hydrogen-bond acceptors (Lipinski definition) is 4. The van der Waals surface area contributed by atoms with Crippen molar-refractivity contribution < 1.29 is 0 Å². The highest BCUT2D eigenvalue weighted by molar-refractivity contribution is 5.40. The van der Waals surface area contributed by atoms with E-state index in [0.717, 1.165) is 43.1 Å². The van der Waals surface area contributed by atoms with Gasteiger partial charge < -0.3 is 4.90 Å². The smallest absolute Gasteiger partial charge is 0.332 e. The summed E-state index contributed by atoms with van der Waals surface area (Å²) in [5.41, 5.74) is 0.861. The Hall–Kier alpha value is -2.34. The van der Waals surface area contributed by atoms with Crippen LogP contribution in [0.4, 0.5) is 5.82 Å². The molecule has 1 aromatic carbocycles. The van der Waals surface area contributed by atoms with Gasteiger partial charge in [0.05, 0.1) is 0 Å². The van der Waals surface area contributed by atoms with Gasteiger partial charge in [0, 0.05) is 52.9 Å². The maximum absolute atomic E-state index is 12.2. The third-order valence-electron chi connectivity index (χ3n) is 5.64. The van der Waals surface area contributed by atoms with Gasteiger partial charge in [0.15, 0.2) is 0 Å². The van der Waals surface area contributed by atoms with Crippen molar-refractivity contribution in [1.82, 2.24) is 14.0 Å². The molecule has 6 nitrogen and oxygen atoms in total. The number of fused-ring (bicyclic) bond motifs is 1. The van der Waals surface area contributed by atoms with Gasteiger partial charge in [-0.15, -0.1) is 0 Å². The summed E-state index contributed by atoms with van der Waals surface area (Å²) in [5, 5.41) is 0. The maximum Gasteiger partial charge on any atom is 0.332 e. The fraction of sp³-hybridized carbons (Fsp3) is 0.474. The van der Waals surface area contributed by atoms with E-state index in [1.165, 1.54) is 12.6 Å². The summed E-state index contributed by atoms with van der Waals surface area (Å²) >= 11 is 0. The van der Waals surface area contributed by atoms with Crippen LogP contribution in [0.3, 0.4) is 0 Å². The highest BCUT2D eigenvalue weighted by Crippen LogP contribution is 2.33. The molecule has 25 heavy (non-hydrogen) atoms. The Balaban J connectivity index is 1.47. The van der Waals surface area contributed by atoms with Gasteiger partial charge in [-0.05, 0) is 17.4 Å². The Bertz CT molecular complexity index is 873. The zero-order valence-corrected chi connectivity index (χ0v) is 14.8. The number of rotatable bonds is 3. The fourth-order valence-electron chi connectivity index (χ4n) is 4.27. The number of nitrogens with zero attached hydrogens (tertiary/aromatic N) is 4. The van der Waals surface area contributed by atoms with Crippen molar-refractivity contribution in [3.05, 3.63) is 62.8 Å². The van der Waals surface area contributed by atoms with Crippen LogP contribution in [-0.2, 0) is 20.6 Å². The molecule has 2 unspecified atom stereocenters. The number of benzene rings is 1. The first kappa shape index (κ1) is 16.1. The van der Waals surface area contributed by atoms with Crippen LogP contribution in [-0.4, -0.2) is 40.2 Å². The second kappa shape index (κ2) is 6.19. The average molecular weight is 340 g/mol. The lowest BCUT2D eigenvalue weighted by molar-refractivity contribution is 0.308. The highest BCUT2D eigenvalue weighted by Gasteiger charge is 2.40. The number of likely N-dealkylation sites (tertiary alicyclic amines) is 1. The van der Waals surface area contributed by atoms with Crippen molar-refractivity contribution in [3.8, 4) is 0 Å². The summed E-state index contributed by atoms with van der Waals surface area (Å²) in [6.07, 6.45) is 0. The van der Waals surface area contributed by atoms with E-state index in [0.29, 0.717) is 11.8 Å². The van der Waals surface area contributed by atoms with Gasteiger partial charge >= 0.3 is 5.69 Å². The van der Waals surface area contributed by atoms with Crippen molar-refractivity contribution in [2.75, 3.05) is 31.1 Å². The summed E-state index contributed by atoms with van der Waals surface area (Å²) in [4.78, 5) is 28.9. The first-order chi connectivity index (χ1) is 12.0. The lowest BCUT2D eigenvalue weighted by atomic mass is 10.0. The molecular formula is C19H24N4O2. The molecule has 4 rings (SSSR count). The van der Waals surface area contributed by atoms with Crippen molar-refractivity contribution in [2.45, 2.75) is 6.54 Å². The van der Waals surface area contributed by atoms with Gasteiger partial charge in [0.25, 0.3) is 5.56 Å². The molecule has 132 valence electrons. The van der Waals surface area contributed by atoms with Crippen LogP contribution >= 0.6 is 0 Å². The Labute approximate surface area is 146 Å². The van der Waals surface area contributed by atoms with Crippen molar-refractivity contribution in [3.63, 3.8) is 0 Å². The summed E-state index contributed by atoms with van der Waals surface area (Å²) in [6.45, 7) is 4.98. The molecule has 2 fully saturated rings. The number of aromatic nitrogens is 2. The van der Waals surface area contributed by atoms with E-state index < -0.39 is 0 Å². The molecule has 0 bridgehead atoms. The fourth-order valence-corrected chi connectivity index (χ4v) is 4.27. The van der Waals surface area contributed by atoms with Crippen molar-refractivity contribution in [1.29, 1.82) is 0 Å². The van der Waals surface area contributed by atoms with E-state index >= 15 is 0 Å². The molecular weight excluding hydrogens is 316 g/mol. The van der Waals surface area contributed by atoms with Gasteiger partial charge in [-0.1, -0.05) is 30.3 Å². The Morgan fingerprint density at radius 2 is 1.56 bits per heavy atom. The molecule has 0 saturated carbocycles. The molecule has 2 aliphatic heterocycles. The van der Waals surface area contributed by atoms with Gasteiger partial charge in [0.1, 0.15) is 5.82 Å². The molecule has 0 aliphatic carbocycles. The molecule has 2 aliphatic rings. The van der Waals surface area contributed by atoms with Gasteiger partial charge in [-0.2, -0.15) is 0 Å². The minimum absolute atomic E-state index is 0.235. The summed E-state index contributed by atoms with van der Waals surface area (Å²) in [6, 6.07) is 12.2. The van der Waals surface area contributed by atoms with Crippen LogP contribution in [0.15, 0.2) is 46.0 Å². The minimum atomic E-state index is -0.259. The summed E-state index contributed by atoms with van der Waals surface area (Å²) in [7, 11) is 3.27. The van der Waals surface area contributed by atoms with Gasteiger partial charge in [-0.25, -0.2) is 4.79 Å². The van der Waals surface area contributed by atoms with E-state index in [1.807, 2.05) is 0 Å². The quantitative estimate of drug-likeness (QED) is 0.823. The molecule has 2 atom stereocenters. The summed E-state index contributed by atoms with van der Waals surface area (Å²) < 4.78 is 2.74. The van der Waals surface area contributed by atoms with E-state index in [9.17, 15) is 9.59 Å². The van der Waals surface area contributed by atoms with Crippen LogP contribution < -0.4 is 16.1 Å². The van der Waals surface area contributed by atoms with Crippen molar-refractivity contribution >= 4 is 5.82 Å². The molecule has 0 amide bonds. The van der Waals surface area contributed by atoms with Gasteiger partial charge in [-0.3, -0.25) is 18.8 Å². The SMILES string of the molecule is Cn1c(N2CC3CN(Cc4ccccc4)CC3C2)cc(=O)n(C)c1=O. The van der Waals surface area contributed by atoms with Gasteiger partial charge in [0.2, 0.25) is 0 Å². The predicted octanol–water partition coefficient (Wildman–Crippen LogP) is 0.652. The van der Waals surface area contributed by atoms with E-state index in [4.69, 9.17) is 0 Å².